The Labute approximate surface area is 288 Å². The normalized spacial score (nSPS) is 11.8. The molecule has 2 aromatic heterocycles. The topological polar surface area (TPSA) is 100 Å². The summed E-state index contributed by atoms with van der Waals surface area (Å²) < 4.78 is 13.5. The molecule has 0 radical (unpaired) electrons. The van der Waals surface area contributed by atoms with Crippen LogP contribution < -0.4 is 16.0 Å². The van der Waals surface area contributed by atoms with E-state index in [-0.39, 0.29) is 11.6 Å². The van der Waals surface area contributed by atoms with Crippen molar-refractivity contribution in [3.8, 4) is 10.6 Å². The van der Waals surface area contributed by atoms with Gasteiger partial charge in [0.05, 0.1) is 10.6 Å². The summed E-state index contributed by atoms with van der Waals surface area (Å²) in [6, 6.07) is 34.6. The zero-order valence-corrected chi connectivity index (χ0v) is 27.6. The Morgan fingerprint density at radius 2 is 1.48 bits per heavy atom. The van der Waals surface area contributed by atoms with Gasteiger partial charge in [0.15, 0.2) is 5.13 Å². The van der Waals surface area contributed by atoms with Gasteiger partial charge < -0.3 is 16.0 Å². The molecule has 11 heteroatoms. The van der Waals surface area contributed by atoms with Gasteiger partial charge in [-0.1, -0.05) is 66.7 Å². The number of hydrogen-bond acceptors (Lipinski definition) is 7. The van der Waals surface area contributed by atoms with Gasteiger partial charge in [-0.2, -0.15) is 0 Å². The standard InChI is InChI=1S/C37H27FN4O3S3/c38-27-15-13-24(14-16-27)22-30(40-34(43)26-10-5-2-6-11-26)35(44)39-28-17-19-29(20-18-28)48-33(25-8-3-1-4-9-25)36(45)42-37-41-31(23-47-37)32-12-7-21-46-32/h1-23,33H,(H,39,44)(H,40,43)(H,41,42,45)/b30-22-. The Bertz CT molecular complexity index is 2030. The summed E-state index contributed by atoms with van der Waals surface area (Å²) in [6.45, 7) is 0. The smallest absolute Gasteiger partial charge is 0.272 e. The highest BCUT2D eigenvalue weighted by atomic mass is 32.2. The van der Waals surface area contributed by atoms with Crippen LogP contribution in [0.15, 0.2) is 143 Å². The van der Waals surface area contributed by atoms with Gasteiger partial charge in [0.25, 0.3) is 11.8 Å². The summed E-state index contributed by atoms with van der Waals surface area (Å²) in [4.78, 5) is 46.3. The van der Waals surface area contributed by atoms with Crippen molar-refractivity contribution in [3.05, 3.63) is 160 Å². The number of amides is 3. The highest BCUT2D eigenvalue weighted by Gasteiger charge is 2.24. The second-order valence-electron chi connectivity index (χ2n) is 10.3. The van der Waals surface area contributed by atoms with E-state index in [9.17, 15) is 18.8 Å². The number of nitrogens with one attached hydrogen (secondary N) is 3. The maximum Gasteiger partial charge on any atom is 0.272 e. The molecule has 4 aromatic carbocycles. The Morgan fingerprint density at radius 1 is 0.771 bits per heavy atom. The summed E-state index contributed by atoms with van der Waals surface area (Å²) in [5.74, 6) is -1.64. The Kier molecular flexibility index (Phi) is 10.5. The van der Waals surface area contributed by atoms with Gasteiger partial charge in [0.2, 0.25) is 5.91 Å². The van der Waals surface area contributed by atoms with Crippen molar-refractivity contribution in [2.24, 2.45) is 0 Å². The predicted molar refractivity (Wildman–Crippen MR) is 192 cm³/mol. The van der Waals surface area contributed by atoms with Crippen LogP contribution in [0.4, 0.5) is 15.2 Å². The van der Waals surface area contributed by atoms with E-state index < -0.39 is 22.9 Å². The lowest BCUT2D eigenvalue weighted by Crippen LogP contribution is -2.30. The number of anilines is 2. The number of thiazole rings is 1. The molecule has 6 aromatic rings. The molecule has 3 amide bonds. The Balaban J connectivity index is 1.17. The van der Waals surface area contributed by atoms with Gasteiger partial charge >= 0.3 is 0 Å². The van der Waals surface area contributed by atoms with Crippen LogP contribution in [-0.4, -0.2) is 22.7 Å². The third-order valence-electron chi connectivity index (χ3n) is 6.92. The van der Waals surface area contributed by atoms with Crippen molar-refractivity contribution < 1.29 is 18.8 Å². The number of aromatic nitrogens is 1. The lowest BCUT2D eigenvalue weighted by molar-refractivity contribution is -0.116. The molecule has 2 heterocycles. The molecule has 6 rings (SSSR count). The minimum atomic E-state index is -0.570. The number of rotatable bonds is 11. The summed E-state index contributed by atoms with van der Waals surface area (Å²) in [5.41, 5.74) is 3.03. The van der Waals surface area contributed by atoms with E-state index in [2.05, 4.69) is 20.9 Å². The highest BCUT2D eigenvalue weighted by Crippen LogP contribution is 2.37. The van der Waals surface area contributed by atoms with Crippen LogP contribution in [0.1, 0.15) is 26.7 Å². The van der Waals surface area contributed by atoms with Crippen LogP contribution in [0.2, 0.25) is 0 Å². The molecule has 1 unspecified atom stereocenters. The summed E-state index contributed by atoms with van der Waals surface area (Å²) >= 11 is 4.34. The van der Waals surface area contributed by atoms with E-state index in [1.807, 2.05) is 65.4 Å². The van der Waals surface area contributed by atoms with Crippen molar-refractivity contribution in [2.75, 3.05) is 10.6 Å². The van der Waals surface area contributed by atoms with E-state index in [1.54, 1.807) is 53.8 Å². The van der Waals surface area contributed by atoms with Crippen LogP contribution >= 0.6 is 34.4 Å². The molecule has 7 nitrogen and oxygen atoms in total. The molecular formula is C37H27FN4O3S3. The SMILES string of the molecule is O=C(Nc1ccc(SC(C(=O)Nc2nc(-c3cccs3)cs2)c2ccccc2)cc1)/C(=C/c1ccc(F)cc1)NC(=O)c1ccccc1. The van der Waals surface area contributed by atoms with Crippen molar-refractivity contribution >= 4 is 69.1 Å². The van der Waals surface area contributed by atoms with Gasteiger partial charge in [-0.05, 0) is 77.2 Å². The van der Waals surface area contributed by atoms with E-state index in [0.29, 0.717) is 21.9 Å². The number of carbonyl (C=O) groups excluding carboxylic acids is 3. The Hall–Kier alpha value is -5.36. The number of carbonyl (C=O) groups is 3. The van der Waals surface area contributed by atoms with E-state index >= 15 is 0 Å². The number of thiophene rings is 1. The average molecular weight is 691 g/mol. The van der Waals surface area contributed by atoms with Crippen LogP contribution in [-0.2, 0) is 9.59 Å². The number of benzene rings is 4. The first-order valence-electron chi connectivity index (χ1n) is 14.7. The lowest BCUT2D eigenvalue weighted by Gasteiger charge is -2.17. The van der Waals surface area contributed by atoms with E-state index in [0.717, 1.165) is 21.0 Å². The quantitative estimate of drug-likeness (QED) is 0.0932. The number of nitrogens with zero attached hydrogens (tertiary/aromatic N) is 1. The molecular weight excluding hydrogens is 664 g/mol. The predicted octanol–water partition coefficient (Wildman–Crippen LogP) is 8.89. The van der Waals surface area contributed by atoms with Crippen LogP contribution in [0.25, 0.3) is 16.6 Å². The summed E-state index contributed by atoms with van der Waals surface area (Å²) in [7, 11) is 0. The molecule has 0 saturated heterocycles. The summed E-state index contributed by atoms with van der Waals surface area (Å²) in [5, 5.41) is 12.3. The van der Waals surface area contributed by atoms with Gasteiger partial charge in [-0.25, -0.2) is 9.37 Å². The Morgan fingerprint density at radius 3 is 2.17 bits per heavy atom. The van der Waals surface area contributed by atoms with Crippen molar-refractivity contribution in [1.82, 2.24) is 10.3 Å². The molecule has 0 fully saturated rings. The van der Waals surface area contributed by atoms with Gasteiger partial charge in [-0.3, -0.25) is 14.4 Å². The fourth-order valence-corrected chi connectivity index (χ4v) is 7.06. The molecule has 0 saturated carbocycles. The third-order valence-corrected chi connectivity index (χ3v) is 9.84. The van der Waals surface area contributed by atoms with Gasteiger partial charge in [-0.15, -0.1) is 34.4 Å². The second-order valence-corrected chi connectivity index (χ2v) is 13.3. The maximum absolute atomic E-state index is 13.6. The minimum absolute atomic E-state index is 0.0147. The first kappa shape index (κ1) is 32.6. The highest BCUT2D eigenvalue weighted by molar-refractivity contribution is 8.00. The largest absolute Gasteiger partial charge is 0.321 e. The van der Waals surface area contributed by atoms with E-state index in [1.165, 1.54) is 53.4 Å². The fraction of sp³-hybridized carbons (Fsp3) is 0.0270. The third kappa shape index (κ3) is 8.51. The molecule has 1 atom stereocenters. The zero-order chi connectivity index (χ0) is 33.3. The number of halogens is 1. The first-order valence-corrected chi connectivity index (χ1v) is 17.3. The van der Waals surface area contributed by atoms with Gasteiger partial charge in [0.1, 0.15) is 16.8 Å². The molecule has 0 aliphatic heterocycles. The molecule has 0 aliphatic rings. The first-order chi connectivity index (χ1) is 23.4. The molecule has 0 bridgehead atoms. The van der Waals surface area contributed by atoms with Gasteiger partial charge in [0, 0.05) is 21.5 Å². The number of thioether (sulfide) groups is 1. The average Bonchev–Trinajstić information content (AvgIpc) is 3.82. The van der Waals surface area contributed by atoms with Crippen LogP contribution in [0.3, 0.4) is 0 Å². The zero-order valence-electron chi connectivity index (χ0n) is 25.1. The molecule has 3 N–H and O–H groups in total. The second kappa shape index (κ2) is 15.5. The number of hydrogen-bond donors (Lipinski definition) is 3. The minimum Gasteiger partial charge on any atom is -0.321 e. The molecule has 0 aliphatic carbocycles. The van der Waals surface area contributed by atoms with Crippen molar-refractivity contribution in [3.63, 3.8) is 0 Å². The monoisotopic (exact) mass is 690 g/mol. The van der Waals surface area contributed by atoms with Crippen LogP contribution in [0, 0.1) is 5.82 Å². The van der Waals surface area contributed by atoms with Crippen LogP contribution in [0.5, 0.6) is 0 Å². The molecule has 0 spiro atoms. The van der Waals surface area contributed by atoms with E-state index in [4.69, 9.17) is 0 Å². The summed E-state index contributed by atoms with van der Waals surface area (Å²) in [6.07, 6.45) is 1.48. The maximum atomic E-state index is 13.6. The molecule has 48 heavy (non-hydrogen) atoms. The van der Waals surface area contributed by atoms with Crippen molar-refractivity contribution in [1.29, 1.82) is 0 Å². The lowest BCUT2D eigenvalue weighted by atomic mass is 10.1. The fourth-order valence-electron chi connectivity index (χ4n) is 4.56. The van der Waals surface area contributed by atoms with Crippen molar-refractivity contribution in [2.45, 2.75) is 10.1 Å². The molecule has 238 valence electrons.